The van der Waals surface area contributed by atoms with Gasteiger partial charge in [-0.3, -0.25) is 8.89 Å². The second-order valence-electron chi connectivity index (χ2n) is 5.04. The molecule has 5 heteroatoms. The summed E-state index contributed by atoms with van der Waals surface area (Å²) >= 11 is 6.03. The molecule has 0 radical (unpaired) electrons. The molecule has 21 heavy (non-hydrogen) atoms. The third kappa shape index (κ3) is 2.39. The maximum atomic E-state index is 11.9. The summed E-state index contributed by atoms with van der Waals surface area (Å²) in [5.41, 5.74) is 4.10. The molecule has 1 aromatic heterocycles. The minimum atomic E-state index is -1.08. The van der Waals surface area contributed by atoms with Crippen LogP contribution in [0.2, 0.25) is 5.02 Å². The monoisotopic (exact) mass is 318 g/mol. The predicted octanol–water partition coefficient (Wildman–Crippen LogP) is 3.94. The molecule has 0 bridgehead atoms. The Balaban J connectivity index is 2.34. The van der Waals surface area contributed by atoms with Gasteiger partial charge in [0.25, 0.3) is 0 Å². The van der Waals surface area contributed by atoms with E-state index in [1.54, 1.807) is 10.9 Å². The van der Waals surface area contributed by atoms with Gasteiger partial charge in [-0.15, -0.1) is 0 Å². The summed E-state index contributed by atoms with van der Waals surface area (Å²) in [5.74, 6) is 0. The number of aryl methyl sites for hydroxylation is 2. The Kier molecular flexibility index (Phi) is 3.59. The molecule has 2 aromatic carbocycles. The number of nitrogens with zero attached hydrogens (tertiary/aromatic N) is 2. The van der Waals surface area contributed by atoms with Crippen LogP contribution in [0.25, 0.3) is 22.0 Å². The Morgan fingerprint density at radius 2 is 1.95 bits per heavy atom. The molecule has 0 aliphatic rings. The van der Waals surface area contributed by atoms with Gasteiger partial charge in [0.05, 0.1) is 10.8 Å². The summed E-state index contributed by atoms with van der Waals surface area (Å²) in [6, 6.07) is 11.8. The summed E-state index contributed by atoms with van der Waals surface area (Å²) in [4.78, 5) is 0. The van der Waals surface area contributed by atoms with Gasteiger partial charge in [0, 0.05) is 29.3 Å². The van der Waals surface area contributed by atoms with Crippen molar-refractivity contribution in [2.45, 2.75) is 11.9 Å². The van der Waals surface area contributed by atoms with Gasteiger partial charge in [0.15, 0.2) is 0 Å². The van der Waals surface area contributed by atoms with E-state index in [0.29, 0.717) is 0 Å². The Labute approximate surface area is 131 Å². The minimum Gasteiger partial charge on any atom is -0.258 e. The zero-order valence-corrected chi connectivity index (χ0v) is 13.6. The fourth-order valence-corrected chi connectivity index (χ4v) is 3.80. The number of benzene rings is 2. The molecule has 3 nitrogen and oxygen atoms in total. The molecule has 1 unspecified atom stereocenters. The molecule has 0 spiro atoms. The van der Waals surface area contributed by atoms with E-state index in [2.05, 4.69) is 5.10 Å². The van der Waals surface area contributed by atoms with Crippen LogP contribution >= 0.6 is 11.6 Å². The third-order valence-corrected chi connectivity index (χ3v) is 4.83. The number of fused-ring (bicyclic) bond motifs is 1. The quantitative estimate of drug-likeness (QED) is 0.717. The summed E-state index contributed by atoms with van der Waals surface area (Å²) in [6.45, 7) is 2.03. The molecule has 0 N–H and O–H groups in total. The molecular formula is C16H15ClN2OS. The minimum absolute atomic E-state index is 0.722. The van der Waals surface area contributed by atoms with E-state index in [1.807, 2.05) is 50.4 Å². The highest BCUT2D eigenvalue weighted by Gasteiger charge is 2.16. The summed E-state index contributed by atoms with van der Waals surface area (Å²) in [7, 11) is 0.750. The first-order valence-electron chi connectivity index (χ1n) is 6.54. The van der Waals surface area contributed by atoms with Crippen molar-refractivity contribution < 1.29 is 4.21 Å². The van der Waals surface area contributed by atoms with Gasteiger partial charge in [0.1, 0.15) is 10.5 Å². The lowest BCUT2D eigenvalue weighted by atomic mass is 9.99. The topological polar surface area (TPSA) is 34.9 Å². The Bertz CT molecular complexity index is 870. The third-order valence-electron chi connectivity index (χ3n) is 3.56. The van der Waals surface area contributed by atoms with Gasteiger partial charge in [-0.2, -0.15) is 5.10 Å². The van der Waals surface area contributed by atoms with Gasteiger partial charge in [-0.1, -0.05) is 29.8 Å². The lowest BCUT2D eigenvalue weighted by Crippen LogP contribution is -1.99. The largest absolute Gasteiger partial charge is 0.258 e. The van der Waals surface area contributed by atoms with Crippen LogP contribution in [-0.4, -0.2) is 20.2 Å². The van der Waals surface area contributed by atoms with Crippen LogP contribution in [0.4, 0.5) is 0 Å². The lowest BCUT2D eigenvalue weighted by Gasteiger charge is -2.07. The van der Waals surface area contributed by atoms with Crippen molar-refractivity contribution in [3.8, 4) is 11.1 Å². The van der Waals surface area contributed by atoms with Crippen molar-refractivity contribution in [2.75, 3.05) is 6.26 Å². The van der Waals surface area contributed by atoms with E-state index >= 15 is 0 Å². The normalized spacial score (nSPS) is 12.8. The molecule has 0 amide bonds. The number of hydrogen-bond donors (Lipinski definition) is 0. The Morgan fingerprint density at radius 1 is 1.19 bits per heavy atom. The number of halogens is 1. The molecule has 3 rings (SSSR count). The van der Waals surface area contributed by atoms with Gasteiger partial charge in [0.2, 0.25) is 0 Å². The SMILES string of the molecule is Cc1cc(Cl)ccc1-c1cccc2c(S(C)=O)n(C)nc12. The highest BCUT2D eigenvalue weighted by molar-refractivity contribution is 7.84. The van der Waals surface area contributed by atoms with Gasteiger partial charge < -0.3 is 0 Å². The van der Waals surface area contributed by atoms with Crippen LogP contribution in [-0.2, 0) is 17.8 Å². The fourth-order valence-electron chi connectivity index (χ4n) is 2.68. The molecule has 0 saturated heterocycles. The maximum Gasteiger partial charge on any atom is 0.132 e. The highest BCUT2D eigenvalue weighted by Crippen LogP contribution is 2.33. The van der Waals surface area contributed by atoms with Crippen molar-refractivity contribution >= 4 is 33.3 Å². The van der Waals surface area contributed by atoms with Crippen LogP contribution < -0.4 is 0 Å². The zero-order chi connectivity index (χ0) is 15.1. The second kappa shape index (κ2) is 5.28. The van der Waals surface area contributed by atoms with E-state index in [0.717, 1.165) is 37.6 Å². The summed E-state index contributed by atoms with van der Waals surface area (Å²) in [5, 5.41) is 6.97. The smallest absolute Gasteiger partial charge is 0.132 e. The summed E-state index contributed by atoms with van der Waals surface area (Å²) < 4.78 is 13.6. The van der Waals surface area contributed by atoms with Crippen molar-refractivity contribution in [2.24, 2.45) is 7.05 Å². The van der Waals surface area contributed by atoms with E-state index in [1.165, 1.54) is 0 Å². The molecular weight excluding hydrogens is 304 g/mol. The highest BCUT2D eigenvalue weighted by atomic mass is 35.5. The van der Waals surface area contributed by atoms with Gasteiger partial charge in [-0.25, -0.2) is 0 Å². The molecule has 108 valence electrons. The molecule has 0 aliphatic carbocycles. The van der Waals surface area contributed by atoms with Crippen molar-refractivity contribution in [1.29, 1.82) is 0 Å². The van der Waals surface area contributed by atoms with Crippen LogP contribution in [0.15, 0.2) is 41.4 Å². The standard InChI is InChI=1S/C16H15ClN2OS/c1-10-9-11(17)7-8-12(10)13-5-4-6-14-15(13)18-19(2)16(14)21(3)20/h4-9H,1-3H3. The fraction of sp³-hybridized carbons (Fsp3) is 0.188. The van der Waals surface area contributed by atoms with Gasteiger partial charge in [-0.05, 0) is 36.2 Å². The number of aromatic nitrogens is 2. The molecule has 3 aromatic rings. The molecule has 0 aliphatic heterocycles. The van der Waals surface area contributed by atoms with Gasteiger partial charge >= 0.3 is 0 Å². The average molecular weight is 319 g/mol. The Hall–Kier alpha value is -1.65. The van der Waals surface area contributed by atoms with Crippen molar-refractivity contribution in [3.05, 3.63) is 47.0 Å². The summed E-state index contributed by atoms with van der Waals surface area (Å²) in [6.07, 6.45) is 1.68. The first-order chi connectivity index (χ1) is 9.99. The molecule has 0 saturated carbocycles. The van der Waals surface area contributed by atoms with E-state index < -0.39 is 10.8 Å². The molecule has 0 fully saturated rings. The van der Waals surface area contributed by atoms with E-state index in [9.17, 15) is 4.21 Å². The first kappa shape index (κ1) is 14.3. The Morgan fingerprint density at radius 3 is 2.62 bits per heavy atom. The van der Waals surface area contributed by atoms with E-state index in [-0.39, 0.29) is 0 Å². The van der Waals surface area contributed by atoms with Crippen LogP contribution in [0, 0.1) is 6.92 Å². The number of rotatable bonds is 2. The van der Waals surface area contributed by atoms with Crippen molar-refractivity contribution in [1.82, 2.24) is 9.78 Å². The van der Waals surface area contributed by atoms with Crippen LogP contribution in [0.3, 0.4) is 0 Å². The molecule has 1 heterocycles. The molecule has 1 atom stereocenters. The average Bonchev–Trinajstić information content (AvgIpc) is 2.75. The second-order valence-corrected chi connectivity index (χ2v) is 6.78. The van der Waals surface area contributed by atoms with Crippen molar-refractivity contribution in [3.63, 3.8) is 0 Å². The van der Waals surface area contributed by atoms with E-state index in [4.69, 9.17) is 11.6 Å². The van der Waals surface area contributed by atoms with Crippen LogP contribution in [0.5, 0.6) is 0 Å². The van der Waals surface area contributed by atoms with Crippen LogP contribution in [0.1, 0.15) is 5.56 Å². The number of hydrogen-bond acceptors (Lipinski definition) is 2. The first-order valence-corrected chi connectivity index (χ1v) is 8.48. The predicted molar refractivity (Wildman–Crippen MR) is 88.2 cm³/mol. The maximum absolute atomic E-state index is 11.9. The lowest BCUT2D eigenvalue weighted by molar-refractivity contribution is 0.660. The zero-order valence-electron chi connectivity index (χ0n) is 12.1.